The van der Waals surface area contributed by atoms with Crippen LogP contribution in [0, 0.1) is 6.92 Å². The molecular weight excluding hydrogens is 264 g/mol. The molecule has 0 radical (unpaired) electrons. The van der Waals surface area contributed by atoms with E-state index >= 15 is 0 Å². The second-order valence-corrected chi connectivity index (χ2v) is 4.81. The standard InChI is InChI=1S/C12H14N4O4/c1-7-4-9(15-20-7)10(17)14-8-5-13-16(6-8)12(2,3)11(18)19/h4-6H,1-3H3,(H,14,17)(H,18,19). The molecule has 0 saturated carbocycles. The van der Waals surface area contributed by atoms with Gasteiger partial charge in [-0.05, 0) is 20.8 Å². The first-order chi connectivity index (χ1) is 9.30. The first-order valence-electron chi connectivity index (χ1n) is 5.84. The molecule has 0 aliphatic rings. The van der Waals surface area contributed by atoms with Crippen LogP contribution in [0.25, 0.3) is 0 Å². The van der Waals surface area contributed by atoms with Crippen molar-refractivity contribution in [1.29, 1.82) is 0 Å². The fourth-order valence-corrected chi connectivity index (χ4v) is 1.46. The molecule has 2 N–H and O–H groups in total. The van der Waals surface area contributed by atoms with Crippen molar-refractivity contribution >= 4 is 17.6 Å². The van der Waals surface area contributed by atoms with Crippen molar-refractivity contribution < 1.29 is 19.2 Å². The van der Waals surface area contributed by atoms with Gasteiger partial charge in [-0.15, -0.1) is 0 Å². The van der Waals surface area contributed by atoms with E-state index in [9.17, 15) is 9.59 Å². The number of carboxylic acid groups (broad SMARTS) is 1. The zero-order valence-corrected chi connectivity index (χ0v) is 11.2. The summed E-state index contributed by atoms with van der Waals surface area (Å²) in [5.74, 6) is -0.946. The summed E-state index contributed by atoms with van der Waals surface area (Å²) in [6.45, 7) is 4.70. The predicted octanol–water partition coefficient (Wildman–Crippen LogP) is 1.25. The van der Waals surface area contributed by atoms with Gasteiger partial charge in [-0.25, -0.2) is 4.79 Å². The maximum absolute atomic E-state index is 11.8. The lowest BCUT2D eigenvalue weighted by molar-refractivity contribution is -0.146. The zero-order valence-electron chi connectivity index (χ0n) is 11.2. The molecule has 2 aromatic heterocycles. The molecular formula is C12H14N4O4. The Morgan fingerprint density at radius 1 is 1.45 bits per heavy atom. The Morgan fingerprint density at radius 2 is 2.15 bits per heavy atom. The summed E-state index contributed by atoms with van der Waals surface area (Å²) in [4.78, 5) is 22.9. The number of carbonyl (C=O) groups excluding carboxylic acids is 1. The minimum atomic E-state index is -1.20. The molecule has 106 valence electrons. The fourth-order valence-electron chi connectivity index (χ4n) is 1.46. The molecule has 8 heteroatoms. The Balaban J connectivity index is 2.14. The van der Waals surface area contributed by atoms with Crippen molar-refractivity contribution in [3.63, 3.8) is 0 Å². The van der Waals surface area contributed by atoms with E-state index in [1.54, 1.807) is 6.92 Å². The van der Waals surface area contributed by atoms with Crippen LogP contribution < -0.4 is 5.32 Å². The van der Waals surface area contributed by atoms with Gasteiger partial charge in [0.15, 0.2) is 11.2 Å². The lowest BCUT2D eigenvalue weighted by Gasteiger charge is -2.19. The first kappa shape index (κ1) is 13.8. The quantitative estimate of drug-likeness (QED) is 0.870. The van der Waals surface area contributed by atoms with Crippen LogP contribution >= 0.6 is 0 Å². The Labute approximate surface area is 114 Å². The monoisotopic (exact) mass is 278 g/mol. The van der Waals surface area contributed by atoms with Gasteiger partial charge in [0.2, 0.25) is 0 Å². The van der Waals surface area contributed by atoms with Gasteiger partial charge in [0.1, 0.15) is 5.76 Å². The van der Waals surface area contributed by atoms with Gasteiger partial charge in [-0.2, -0.15) is 5.10 Å². The van der Waals surface area contributed by atoms with Crippen LogP contribution in [0.1, 0.15) is 30.1 Å². The lowest BCUT2D eigenvalue weighted by atomic mass is 10.1. The van der Waals surface area contributed by atoms with Crippen LogP contribution in [0.5, 0.6) is 0 Å². The highest BCUT2D eigenvalue weighted by Gasteiger charge is 2.30. The minimum absolute atomic E-state index is 0.146. The molecule has 2 rings (SSSR count). The maximum atomic E-state index is 11.8. The summed E-state index contributed by atoms with van der Waals surface area (Å²) < 4.78 is 6.07. The average molecular weight is 278 g/mol. The number of hydrogen-bond donors (Lipinski definition) is 2. The van der Waals surface area contributed by atoms with Gasteiger partial charge >= 0.3 is 5.97 Å². The highest BCUT2D eigenvalue weighted by atomic mass is 16.5. The molecule has 2 heterocycles. The molecule has 0 atom stereocenters. The molecule has 8 nitrogen and oxygen atoms in total. The van der Waals surface area contributed by atoms with Crippen LogP contribution in [-0.4, -0.2) is 31.9 Å². The first-order valence-corrected chi connectivity index (χ1v) is 5.84. The molecule has 0 bridgehead atoms. The predicted molar refractivity (Wildman–Crippen MR) is 68.4 cm³/mol. The molecule has 1 amide bonds. The van der Waals surface area contributed by atoms with E-state index < -0.39 is 17.4 Å². The van der Waals surface area contributed by atoms with Crippen LogP contribution in [-0.2, 0) is 10.3 Å². The second-order valence-electron chi connectivity index (χ2n) is 4.81. The van der Waals surface area contributed by atoms with Gasteiger partial charge in [-0.1, -0.05) is 5.16 Å². The van der Waals surface area contributed by atoms with E-state index in [2.05, 4.69) is 15.6 Å². The van der Waals surface area contributed by atoms with Crippen LogP contribution in [0.15, 0.2) is 23.0 Å². The molecule has 0 unspecified atom stereocenters. The van der Waals surface area contributed by atoms with Crippen molar-refractivity contribution in [2.45, 2.75) is 26.3 Å². The molecule has 0 aliphatic carbocycles. The van der Waals surface area contributed by atoms with Gasteiger partial charge in [-0.3, -0.25) is 9.48 Å². The summed E-state index contributed by atoms with van der Waals surface area (Å²) in [6.07, 6.45) is 2.81. The highest BCUT2D eigenvalue weighted by molar-refractivity contribution is 6.02. The van der Waals surface area contributed by atoms with E-state index in [0.29, 0.717) is 11.4 Å². The third-order valence-corrected chi connectivity index (χ3v) is 2.80. The van der Waals surface area contributed by atoms with Crippen molar-refractivity contribution in [2.24, 2.45) is 0 Å². The van der Waals surface area contributed by atoms with E-state index in [4.69, 9.17) is 9.63 Å². The van der Waals surface area contributed by atoms with Crippen molar-refractivity contribution in [3.8, 4) is 0 Å². The molecule has 0 spiro atoms. The van der Waals surface area contributed by atoms with Gasteiger partial charge in [0.05, 0.1) is 11.9 Å². The minimum Gasteiger partial charge on any atom is -0.479 e. The van der Waals surface area contributed by atoms with Gasteiger partial charge in [0, 0.05) is 12.3 Å². The van der Waals surface area contributed by atoms with Gasteiger partial charge < -0.3 is 14.9 Å². The molecule has 0 fully saturated rings. The lowest BCUT2D eigenvalue weighted by Crippen LogP contribution is -2.35. The van der Waals surface area contributed by atoms with E-state index in [0.717, 1.165) is 0 Å². The number of nitrogens with zero attached hydrogens (tertiary/aromatic N) is 3. The maximum Gasteiger partial charge on any atom is 0.331 e. The average Bonchev–Trinajstić information content (AvgIpc) is 2.98. The molecule has 20 heavy (non-hydrogen) atoms. The number of carbonyl (C=O) groups is 2. The molecule has 2 aromatic rings. The smallest absolute Gasteiger partial charge is 0.331 e. The Bertz CT molecular complexity index is 656. The topological polar surface area (TPSA) is 110 Å². The van der Waals surface area contributed by atoms with Crippen molar-refractivity contribution in [1.82, 2.24) is 14.9 Å². The number of amides is 1. The van der Waals surface area contributed by atoms with Crippen LogP contribution in [0.2, 0.25) is 0 Å². The van der Waals surface area contributed by atoms with Gasteiger partial charge in [0.25, 0.3) is 5.91 Å². The second kappa shape index (κ2) is 4.80. The summed E-state index contributed by atoms with van der Waals surface area (Å²) in [5, 5.41) is 19.2. The van der Waals surface area contributed by atoms with Crippen molar-refractivity contribution in [2.75, 3.05) is 5.32 Å². The summed E-state index contributed by atoms with van der Waals surface area (Å²) in [7, 11) is 0. The normalized spacial score (nSPS) is 11.3. The summed E-state index contributed by atoms with van der Waals surface area (Å²) in [6, 6.07) is 1.50. The molecule has 0 aliphatic heterocycles. The number of hydrogen-bond acceptors (Lipinski definition) is 5. The largest absolute Gasteiger partial charge is 0.479 e. The highest BCUT2D eigenvalue weighted by Crippen LogP contribution is 2.17. The van der Waals surface area contributed by atoms with E-state index in [1.165, 1.54) is 37.0 Å². The third-order valence-electron chi connectivity index (χ3n) is 2.80. The van der Waals surface area contributed by atoms with Crippen molar-refractivity contribution in [3.05, 3.63) is 29.9 Å². The number of aryl methyl sites for hydroxylation is 1. The van der Waals surface area contributed by atoms with E-state index in [1.807, 2.05) is 0 Å². The zero-order chi connectivity index (χ0) is 14.9. The third kappa shape index (κ3) is 2.53. The number of aromatic nitrogens is 3. The van der Waals surface area contributed by atoms with Crippen LogP contribution in [0.3, 0.4) is 0 Å². The number of anilines is 1. The summed E-state index contributed by atoms with van der Waals surface area (Å²) >= 11 is 0. The number of aliphatic carboxylic acids is 1. The SMILES string of the molecule is Cc1cc(C(=O)Nc2cnn(C(C)(C)C(=O)O)c2)no1. The number of rotatable bonds is 4. The Morgan fingerprint density at radius 3 is 2.70 bits per heavy atom. The Hall–Kier alpha value is -2.64. The number of nitrogens with one attached hydrogen (secondary N) is 1. The molecule has 0 saturated heterocycles. The Kier molecular flexibility index (Phi) is 3.31. The number of carboxylic acids is 1. The fraction of sp³-hybridized carbons (Fsp3) is 0.333. The summed E-state index contributed by atoms with van der Waals surface area (Å²) in [5.41, 5.74) is -0.675. The van der Waals surface area contributed by atoms with E-state index in [-0.39, 0.29) is 5.69 Å². The molecule has 0 aromatic carbocycles. The van der Waals surface area contributed by atoms with Crippen LogP contribution in [0.4, 0.5) is 5.69 Å².